The summed E-state index contributed by atoms with van der Waals surface area (Å²) in [6, 6.07) is -0.117. The summed E-state index contributed by atoms with van der Waals surface area (Å²) in [4.78, 5) is 23.5. The van der Waals surface area contributed by atoms with Crippen LogP contribution < -0.4 is 5.32 Å². The zero-order valence-corrected chi connectivity index (χ0v) is 14.8. The molecule has 1 aromatic heterocycles. The maximum Gasteiger partial charge on any atom is 0.237 e. The molecule has 1 aliphatic carbocycles. The van der Waals surface area contributed by atoms with Gasteiger partial charge in [-0.05, 0) is 57.9 Å². The van der Waals surface area contributed by atoms with Crippen molar-refractivity contribution in [3.05, 3.63) is 34.9 Å². The van der Waals surface area contributed by atoms with Crippen LogP contribution in [-0.4, -0.2) is 39.9 Å². The molecule has 5 heteroatoms. The molecule has 0 fully saturated rings. The highest BCUT2D eigenvalue weighted by molar-refractivity contribution is 5.81. The Hall–Kier alpha value is -1.75. The van der Waals surface area contributed by atoms with Crippen molar-refractivity contribution in [2.24, 2.45) is 0 Å². The molecular formula is C19H28N4O. The number of aryl methyl sites for hydroxylation is 1. The second-order valence-corrected chi connectivity index (χ2v) is 6.93. The molecule has 2 aliphatic rings. The predicted molar refractivity (Wildman–Crippen MR) is 94.5 cm³/mol. The van der Waals surface area contributed by atoms with E-state index >= 15 is 0 Å². The Labute approximate surface area is 144 Å². The van der Waals surface area contributed by atoms with Crippen LogP contribution >= 0.6 is 0 Å². The van der Waals surface area contributed by atoms with Gasteiger partial charge >= 0.3 is 0 Å². The fourth-order valence-corrected chi connectivity index (χ4v) is 3.55. The summed E-state index contributed by atoms with van der Waals surface area (Å²) in [5, 5.41) is 3.11. The Bertz CT molecular complexity index is 626. The van der Waals surface area contributed by atoms with Crippen LogP contribution in [0, 0.1) is 6.92 Å². The van der Waals surface area contributed by atoms with Crippen molar-refractivity contribution < 1.29 is 4.79 Å². The van der Waals surface area contributed by atoms with Crippen molar-refractivity contribution in [1.82, 2.24) is 20.2 Å². The van der Waals surface area contributed by atoms with Crippen LogP contribution in [0.25, 0.3) is 0 Å². The number of amides is 1. The summed E-state index contributed by atoms with van der Waals surface area (Å²) < 4.78 is 0. The summed E-state index contributed by atoms with van der Waals surface area (Å²) in [5.74, 6) is 0.925. The van der Waals surface area contributed by atoms with Gasteiger partial charge in [0.2, 0.25) is 5.91 Å². The number of nitrogens with zero attached hydrogens (tertiary/aromatic N) is 3. The van der Waals surface area contributed by atoms with Crippen molar-refractivity contribution in [2.75, 3.05) is 13.1 Å². The lowest BCUT2D eigenvalue weighted by Gasteiger charge is -2.32. The average Bonchev–Trinajstić information content (AvgIpc) is 2.61. The van der Waals surface area contributed by atoms with Crippen LogP contribution in [0.5, 0.6) is 0 Å². The van der Waals surface area contributed by atoms with Crippen LogP contribution in [-0.2, 0) is 17.8 Å². The molecule has 0 saturated heterocycles. The molecule has 0 aromatic carbocycles. The molecule has 1 amide bonds. The van der Waals surface area contributed by atoms with E-state index in [9.17, 15) is 4.79 Å². The normalized spacial score (nSPS) is 19.3. The summed E-state index contributed by atoms with van der Waals surface area (Å²) in [6.07, 6.45) is 11.2. The first-order chi connectivity index (χ1) is 11.6. The molecule has 0 spiro atoms. The molecule has 2 heterocycles. The minimum absolute atomic E-state index is 0.117. The Morgan fingerprint density at radius 1 is 1.38 bits per heavy atom. The number of carbonyl (C=O) groups excluding carboxylic acids is 1. The lowest BCUT2D eigenvalue weighted by atomic mass is 9.97. The first kappa shape index (κ1) is 17.1. The summed E-state index contributed by atoms with van der Waals surface area (Å²) in [7, 11) is 0. The molecule has 1 aliphatic heterocycles. The van der Waals surface area contributed by atoms with Crippen LogP contribution in [0.15, 0.2) is 17.8 Å². The summed E-state index contributed by atoms with van der Waals surface area (Å²) in [6.45, 7) is 6.28. The number of hydrogen-bond acceptors (Lipinski definition) is 4. The Morgan fingerprint density at radius 3 is 3.04 bits per heavy atom. The third kappa shape index (κ3) is 4.20. The first-order valence-electron chi connectivity index (χ1n) is 9.14. The Morgan fingerprint density at radius 2 is 2.25 bits per heavy atom. The first-order valence-corrected chi connectivity index (χ1v) is 9.14. The van der Waals surface area contributed by atoms with E-state index in [0.717, 1.165) is 44.0 Å². The predicted octanol–water partition coefficient (Wildman–Crippen LogP) is 2.54. The van der Waals surface area contributed by atoms with Gasteiger partial charge in [-0.25, -0.2) is 9.97 Å². The van der Waals surface area contributed by atoms with E-state index in [-0.39, 0.29) is 11.9 Å². The number of aromatic nitrogens is 2. The SMILES string of the molecule is Cc1ncc2c(n1)CN(C(C)C(=O)NCCC1=CCCCC1)CC2. The number of nitrogens with one attached hydrogen (secondary N) is 1. The maximum absolute atomic E-state index is 12.5. The molecule has 0 radical (unpaired) electrons. The topological polar surface area (TPSA) is 58.1 Å². The van der Waals surface area contributed by atoms with Gasteiger partial charge in [0.25, 0.3) is 0 Å². The van der Waals surface area contributed by atoms with E-state index in [4.69, 9.17) is 0 Å². The third-order valence-corrected chi connectivity index (χ3v) is 5.15. The second-order valence-electron chi connectivity index (χ2n) is 6.93. The van der Waals surface area contributed by atoms with E-state index in [2.05, 4.69) is 26.3 Å². The quantitative estimate of drug-likeness (QED) is 0.844. The molecule has 1 aromatic rings. The highest BCUT2D eigenvalue weighted by Crippen LogP contribution is 2.20. The zero-order valence-electron chi connectivity index (χ0n) is 14.8. The third-order valence-electron chi connectivity index (χ3n) is 5.15. The minimum atomic E-state index is -0.117. The van der Waals surface area contributed by atoms with Crippen LogP contribution in [0.1, 0.15) is 56.1 Å². The van der Waals surface area contributed by atoms with E-state index in [1.54, 1.807) is 0 Å². The van der Waals surface area contributed by atoms with E-state index < -0.39 is 0 Å². The molecule has 130 valence electrons. The van der Waals surface area contributed by atoms with Gasteiger partial charge in [-0.3, -0.25) is 9.69 Å². The van der Waals surface area contributed by atoms with Gasteiger partial charge in [-0.1, -0.05) is 11.6 Å². The van der Waals surface area contributed by atoms with Gasteiger partial charge < -0.3 is 5.32 Å². The summed E-state index contributed by atoms with van der Waals surface area (Å²) in [5.41, 5.74) is 3.79. The average molecular weight is 328 g/mol. The standard InChI is InChI=1S/C19H28N4O/c1-14(19(24)20-10-8-16-6-4-3-5-7-16)23-11-9-17-12-21-15(2)22-18(17)13-23/h6,12,14H,3-5,7-11,13H2,1-2H3,(H,20,24). The van der Waals surface area contributed by atoms with Gasteiger partial charge in [-0.2, -0.15) is 0 Å². The van der Waals surface area contributed by atoms with Crippen LogP contribution in [0.3, 0.4) is 0 Å². The fraction of sp³-hybridized carbons (Fsp3) is 0.632. The zero-order chi connectivity index (χ0) is 16.9. The van der Waals surface area contributed by atoms with Crippen molar-refractivity contribution in [2.45, 2.75) is 65.0 Å². The Kier molecular flexibility index (Phi) is 5.61. The van der Waals surface area contributed by atoms with Gasteiger partial charge in [0, 0.05) is 25.8 Å². The largest absolute Gasteiger partial charge is 0.354 e. The van der Waals surface area contributed by atoms with Gasteiger partial charge in [0.05, 0.1) is 11.7 Å². The number of rotatable bonds is 5. The monoisotopic (exact) mass is 328 g/mol. The smallest absolute Gasteiger partial charge is 0.237 e. The van der Waals surface area contributed by atoms with E-state index in [1.165, 1.54) is 36.8 Å². The van der Waals surface area contributed by atoms with Gasteiger partial charge in [-0.15, -0.1) is 0 Å². The van der Waals surface area contributed by atoms with E-state index in [1.807, 2.05) is 20.0 Å². The molecule has 5 nitrogen and oxygen atoms in total. The minimum Gasteiger partial charge on any atom is -0.354 e. The molecule has 3 rings (SSSR count). The molecule has 1 N–H and O–H groups in total. The molecular weight excluding hydrogens is 300 g/mol. The van der Waals surface area contributed by atoms with Crippen molar-refractivity contribution in [1.29, 1.82) is 0 Å². The fourth-order valence-electron chi connectivity index (χ4n) is 3.55. The lowest BCUT2D eigenvalue weighted by molar-refractivity contribution is -0.126. The highest BCUT2D eigenvalue weighted by Gasteiger charge is 2.26. The van der Waals surface area contributed by atoms with Crippen molar-refractivity contribution in [3.63, 3.8) is 0 Å². The number of fused-ring (bicyclic) bond motifs is 1. The highest BCUT2D eigenvalue weighted by atomic mass is 16.2. The van der Waals surface area contributed by atoms with Crippen LogP contribution in [0.2, 0.25) is 0 Å². The molecule has 1 atom stereocenters. The summed E-state index contributed by atoms with van der Waals surface area (Å²) >= 11 is 0. The Balaban J connectivity index is 1.49. The van der Waals surface area contributed by atoms with Crippen molar-refractivity contribution in [3.8, 4) is 0 Å². The van der Waals surface area contributed by atoms with Crippen molar-refractivity contribution >= 4 is 5.91 Å². The number of allylic oxidation sites excluding steroid dienone is 1. The van der Waals surface area contributed by atoms with Gasteiger partial charge in [0.15, 0.2) is 0 Å². The maximum atomic E-state index is 12.5. The van der Waals surface area contributed by atoms with E-state index in [0.29, 0.717) is 0 Å². The van der Waals surface area contributed by atoms with Crippen LogP contribution in [0.4, 0.5) is 0 Å². The van der Waals surface area contributed by atoms with Gasteiger partial charge in [0.1, 0.15) is 5.82 Å². The molecule has 1 unspecified atom stereocenters. The molecule has 24 heavy (non-hydrogen) atoms. The lowest BCUT2D eigenvalue weighted by Crippen LogP contribution is -2.47. The number of carbonyl (C=O) groups is 1. The molecule has 0 saturated carbocycles. The molecule has 0 bridgehead atoms. The number of hydrogen-bond donors (Lipinski definition) is 1. The second kappa shape index (κ2) is 7.88.